The largest absolute Gasteiger partial charge is 0.320 e. The molecule has 88 valence electrons. The van der Waals surface area contributed by atoms with Crippen LogP contribution >= 0.6 is 23.2 Å². The molecule has 0 bridgehead atoms. The maximum Gasteiger partial charge on any atom is 0.141 e. The van der Waals surface area contributed by atoms with Crippen LogP contribution in [0.25, 0.3) is 0 Å². The fourth-order valence-electron chi connectivity index (χ4n) is 1.50. The van der Waals surface area contributed by atoms with Crippen molar-refractivity contribution in [1.82, 2.24) is 4.98 Å². The van der Waals surface area contributed by atoms with E-state index in [4.69, 9.17) is 28.9 Å². The van der Waals surface area contributed by atoms with Gasteiger partial charge in [0.05, 0.1) is 22.3 Å². The Kier molecular flexibility index (Phi) is 3.62. The Balaban J connectivity index is 2.36. The summed E-state index contributed by atoms with van der Waals surface area (Å²) in [5, 5.41) is 0.879. The maximum atomic E-state index is 13.0. The molecular weight excluding hydrogens is 262 g/mol. The van der Waals surface area contributed by atoms with Gasteiger partial charge in [-0.1, -0.05) is 29.3 Å². The molecule has 0 aliphatic carbocycles. The van der Waals surface area contributed by atoms with Gasteiger partial charge in [0, 0.05) is 6.20 Å². The number of nitrogens with zero attached hydrogens (tertiary/aromatic N) is 1. The Labute approximate surface area is 108 Å². The predicted molar refractivity (Wildman–Crippen MR) is 66.7 cm³/mol. The number of benzene rings is 1. The van der Waals surface area contributed by atoms with Crippen molar-refractivity contribution in [2.75, 3.05) is 0 Å². The van der Waals surface area contributed by atoms with Crippen LogP contribution in [0.5, 0.6) is 0 Å². The predicted octanol–water partition coefficient (Wildman–Crippen LogP) is 3.58. The maximum absolute atomic E-state index is 13.0. The molecule has 0 fully saturated rings. The van der Waals surface area contributed by atoms with E-state index in [2.05, 4.69) is 4.98 Å². The average molecular weight is 271 g/mol. The van der Waals surface area contributed by atoms with E-state index in [1.165, 1.54) is 12.3 Å². The SMILES string of the molecule is NC(c1cncc(F)c1)c1ccc(Cl)c(Cl)c1. The van der Waals surface area contributed by atoms with E-state index < -0.39 is 11.9 Å². The molecule has 0 radical (unpaired) electrons. The number of pyridine rings is 1. The van der Waals surface area contributed by atoms with Crippen molar-refractivity contribution in [1.29, 1.82) is 0 Å². The second kappa shape index (κ2) is 5.00. The van der Waals surface area contributed by atoms with Crippen molar-refractivity contribution in [2.45, 2.75) is 6.04 Å². The molecule has 1 aromatic carbocycles. The topological polar surface area (TPSA) is 38.9 Å². The molecule has 0 saturated heterocycles. The highest BCUT2D eigenvalue weighted by Crippen LogP contribution is 2.27. The van der Waals surface area contributed by atoms with E-state index in [1.54, 1.807) is 18.2 Å². The van der Waals surface area contributed by atoms with E-state index in [0.717, 1.165) is 11.8 Å². The van der Waals surface area contributed by atoms with Crippen molar-refractivity contribution in [2.24, 2.45) is 5.73 Å². The molecule has 0 aliphatic rings. The van der Waals surface area contributed by atoms with Gasteiger partial charge in [0.25, 0.3) is 0 Å². The van der Waals surface area contributed by atoms with Crippen molar-refractivity contribution in [3.63, 3.8) is 0 Å². The molecule has 1 unspecified atom stereocenters. The Morgan fingerprint density at radius 3 is 2.47 bits per heavy atom. The van der Waals surface area contributed by atoms with E-state index in [9.17, 15) is 4.39 Å². The minimum Gasteiger partial charge on any atom is -0.320 e. The van der Waals surface area contributed by atoms with Gasteiger partial charge in [-0.25, -0.2) is 4.39 Å². The second-order valence-corrected chi connectivity index (χ2v) is 4.40. The van der Waals surface area contributed by atoms with E-state index >= 15 is 0 Å². The Hall–Kier alpha value is -1.16. The highest BCUT2D eigenvalue weighted by Gasteiger charge is 2.11. The van der Waals surface area contributed by atoms with Gasteiger partial charge in [0.2, 0.25) is 0 Å². The number of halogens is 3. The Bertz CT molecular complexity index is 546. The van der Waals surface area contributed by atoms with Gasteiger partial charge in [-0.15, -0.1) is 0 Å². The number of hydrogen-bond acceptors (Lipinski definition) is 2. The molecule has 17 heavy (non-hydrogen) atoms. The average Bonchev–Trinajstić information content (AvgIpc) is 2.32. The highest BCUT2D eigenvalue weighted by molar-refractivity contribution is 6.42. The number of rotatable bonds is 2. The van der Waals surface area contributed by atoms with E-state index in [1.807, 2.05) is 0 Å². The number of nitrogens with two attached hydrogens (primary N) is 1. The summed E-state index contributed by atoms with van der Waals surface area (Å²) in [5.41, 5.74) is 7.34. The van der Waals surface area contributed by atoms with Crippen LogP contribution in [-0.4, -0.2) is 4.98 Å². The fraction of sp³-hybridized carbons (Fsp3) is 0.0833. The molecule has 0 aliphatic heterocycles. The summed E-state index contributed by atoms with van der Waals surface area (Å²) >= 11 is 11.7. The van der Waals surface area contributed by atoms with Crippen LogP contribution in [0.15, 0.2) is 36.7 Å². The zero-order chi connectivity index (χ0) is 12.4. The van der Waals surface area contributed by atoms with Crippen LogP contribution in [0.3, 0.4) is 0 Å². The van der Waals surface area contributed by atoms with Crippen LogP contribution in [0, 0.1) is 5.82 Å². The quantitative estimate of drug-likeness (QED) is 0.906. The van der Waals surface area contributed by atoms with E-state index in [-0.39, 0.29) is 0 Å². The highest BCUT2D eigenvalue weighted by atomic mass is 35.5. The van der Waals surface area contributed by atoms with Gasteiger partial charge in [0.1, 0.15) is 5.82 Å². The lowest BCUT2D eigenvalue weighted by atomic mass is 10.0. The summed E-state index contributed by atoms with van der Waals surface area (Å²) in [6.45, 7) is 0. The normalized spacial score (nSPS) is 12.5. The summed E-state index contributed by atoms with van der Waals surface area (Å²) in [6.07, 6.45) is 2.65. The molecule has 0 spiro atoms. The lowest BCUT2D eigenvalue weighted by Crippen LogP contribution is -2.12. The van der Waals surface area contributed by atoms with Crippen molar-refractivity contribution in [3.8, 4) is 0 Å². The summed E-state index contributed by atoms with van der Waals surface area (Å²) in [6, 6.07) is 5.95. The van der Waals surface area contributed by atoms with Crippen LogP contribution in [0.1, 0.15) is 17.2 Å². The molecule has 1 aromatic heterocycles. The minimum atomic E-state index is -0.479. The zero-order valence-electron chi connectivity index (χ0n) is 8.70. The fourth-order valence-corrected chi connectivity index (χ4v) is 1.80. The summed E-state index contributed by atoms with van der Waals surface area (Å²) in [5.74, 6) is -0.419. The number of aromatic nitrogens is 1. The first-order valence-electron chi connectivity index (χ1n) is 4.89. The molecule has 0 amide bonds. The van der Waals surface area contributed by atoms with Crippen molar-refractivity contribution >= 4 is 23.2 Å². The van der Waals surface area contributed by atoms with Crippen LogP contribution in [0.4, 0.5) is 4.39 Å². The molecule has 5 heteroatoms. The molecular formula is C12H9Cl2FN2. The summed E-state index contributed by atoms with van der Waals surface area (Å²) < 4.78 is 13.0. The first kappa shape index (κ1) is 12.3. The Morgan fingerprint density at radius 2 is 1.82 bits per heavy atom. The molecule has 2 nitrogen and oxygen atoms in total. The zero-order valence-corrected chi connectivity index (χ0v) is 10.2. The van der Waals surface area contributed by atoms with Gasteiger partial charge in [-0.05, 0) is 29.3 Å². The van der Waals surface area contributed by atoms with Crippen molar-refractivity contribution in [3.05, 3.63) is 63.6 Å². The van der Waals surface area contributed by atoms with Gasteiger partial charge >= 0.3 is 0 Å². The van der Waals surface area contributed by atoms with Gasteiger partial charge < -0.3 is 5.73 Å². The third-order valence-corrected chi connectivity index (χ3v) is 3.13. The molecule has 2 rings (SSSR count). The molecule has 2 aromatic rings. The monoisotopic (exact) mass is 270 g/mol. The van der Waals surface area contributed by atoms with Crippen LogP contribution in [-0.2, 0) is 0 Å². The summed E-state index contributed by atoms with van der Waals surface area (Å²) in [7, 11) is 0. The number of hydrogen-bond donors (Lipinski definition) is 1. The molecule has 1 heterocycles. The minimum absolute atomic E-state index is 0.419. The van der Waals surface area contributed by atoms with Gasteiger partial charge in [-0.2, -0.15) is 0 Å². The first-order chi connectivity index (χ1) is 8.08. The molecule has 1 atom stereocenters. The first-order valence-corrected chi connectivity index (χ1v) is 5.64. The smallest absolute Gasteiger partial charge is 0.141 e. The van der Waals surface area contributed by atoms with E-state index in [0.29, 0.717) is 15.6 Å². The van der Waals surface area contributed by atoms with Gasteiger partial charge in [0.15, 0.2) is 0 Å². The standard InChI is InChI=1S/C12H9Cl2FN2/c13-10-2-1-7(4-11(10)14)12(16)8-3-9(15)6-17-5-8/h1-6,12H,16H2. The lowest BCUT2D eigenvalue weighted by Gasteiger charge is -2.12. The summed E-state index contributed by atoms with van der Waals surface area (Å²) in [4.78, 5) is 3.76. The van der Waals surface area contributed by atoms with Crippen molar-refractivity contribution < 1.29 is 4.39 Å². The van der Waals surface area contributed by atoms with Crippen LogP contribution < -0.4 is 5.73 Å². The third-order valence-electron chi connectivity index (χ3n) is 2.39. The molecule has 0 saturated carbocycles. The molecule has 2 N–H and O–H groups in total. The Morgan fingerprint density at radius 1 is 1.06 bits per heavy atom. The van der Waals surface area contributed by atoms with Gasteiger partial charge in [-0.3, -0.25) is 4.98 Å². The lowest BCUT2D eigenvalue weighted by molar-refractivity contribution is 0.616. The second-order valence-electron chi connectivity index (χ2n) is 3.59. The van der Waals surface area contributed by atoms with Crippen LogP contribution in [0.2, 0.25) is 10.0 Å². The third kappa shape index (κ3) is 2.75.